The first kappa shape index (κ1) is 19.7. The van der Waals surface area contributed by atoms with E-state index in [1.54, 1.807) is 15.2 Å². The minimum absolute atomic E-state index is 0.0355. The first-order valence-electron chi connectivity index (χ1n) is 9.21. The van der Waals surface area contributed by atoms with Crippen molar-refractivity contribution < 1.29 is 18.7 Å². The van der Waals surface area contributed by atoms with E-state index in [1.807, 2.05) is 31.2 Å². The summed E-state index contributed by atoms with van der Waals surface area (Å²) >= 11 is 0. The molecular formula is C21H23FN2O4. The fourth-order valence-electron chi connectivity index (χ4n) is 3.17. The van der Waals surface area contributed by atoms with E-state index < -0.39 is 11.8 Å². The number of nitrogens with zero attached hydrogens (tertiary/aromatic N) is 2. The van der Waals surface area contributed by atoms with Gasteiger partial charge in [0.2, 0.25) is 0 Å². The molecule has 0 aliphatic rings. The molecule has 0 spiro atoms. The molecule has 1 heterocycles. The summed E-state index contributed by atoms with van der Waals surface area (Å²) in [5.41, 5.74) is 2.05. The molecule has 0 fully saturated rings. The summed E-state index contributed by atoms with van der Waals surface area (Å²) in [6.45, 7) is 2.83. The van der Waals surface area contributed by atoms with Gasteiger partial charge in [0.1, 0.15) is 6.61 Å². The molecule has 0 atom stereocenters. The Morgan fingerprint density at radius 3 is 2.36 bits per heavy atom. The molecule has 0 saturated carbocycles. The maximum Gasteiger partial charge on any atom is 0.329 e. The lowest BCUT2D eigenvalue weighted by molar-refractivity contribution is -0.145. The summed E-state index contributed by atoms with van der Waals surface area (Å²) in [6, 6.07) is 11.9. The molecule has 0 amide bonds. The van der Waals surface area contributed by atoms with Crippen LogP contribution in [-0.4, -0.2) is 22.2 Å². The Kier molecular flexibility index (Phi) is 6.13. The normalized spacial score (nSPS) is 11.0. The van der Waals surface area contributed by atoms with Gasteiger partial charge in [-0.3, -0.25) is 13.9 Å². The first-order chi connectivity index (χ1) is 13.5. The number of rotatable bonds is 8. The fourth-order valence-corrected chi connectivity index (χ4v) is 3.17. The molecule has 0 aliphatic heterocycles. The van der Waals surface area contributed by atoms with Crippen molar-refractivity contribution in [3.63, 3.8) is 0 Å². The van der Waals surface area contributed by atoms with Gasteiger partial charge < -0.3 is 9.47 Å². The lowest BCUT2D eigenvalue weighted by Gasteiger charge is -2.07. The number of halogens is 1. The van der Waals surface area contributed by atoms with E-state index in [1.165, 1.54) is 19.2 Å². The Balaban J connectivity index is 1.66. The third kappa shape index (κ3) is 4.08. The van der Waals surface area contributed by atoms with Crippen LogP contribution in [0.1, 0.15) is 25.3 Å². The van der Waals surface area contributed by atoms with Crippen LogP contribution in [0.2, 0.25) is 0 Å². The summed E-state index contributed by atoms with van der Waals surface area (Å²) in [7, 11) is 1.39. The van der Waals surface area contributed by atoms with E-state index >= 15 is 0 Å². The highest BCUT2D eigenvalue weighted by Gasteiger charge is 2.14. The Morgan fingerprint density at radius 2 is 1.75 bits per heavy atom. The highest BCUT2D eigenvalue weighted by molar-refractivity contribution is 5.76. The summed E-state index contributed by atoms with van der Waals surface area (Å²) < 4.78 is 27.1. The Labute approximate surface area is 162 Å². The number of fused-ring (bicyclic) bond motifs is 1. The SMILES string of the molecule is CCCn1c(=O)n(CCC(=O)OCc2ccc(OC)c(F)c2)c2ccccc21. The van der Waals surface area contributed by atoms with Gasteiger partial charge in [0, 0.05) is 13.1 Å². The quantitative estimate of drug-likeness (QED) is 0.556. The number of ether oxygens (including phenoxy) is 2. The van der Waals surface area contributed by atoms with Gasteiger partial charge in [-0.1, -0.05) is 25.1 Å². The standard InChI is InChI=1S/C21H23FN2O4/c1-3-11-23-17-6-4-5-7-18(17)24(21(23)26)12-10-20(25)28-14-15-8-9-19(27-2)16(22)13-15/h4-9,13H,3,10-12,14H2,1-2H3. The van der Waals surface area contributed by atoms with Gasteiger partial charge in [-0.2, -0.15) is 0 Å². The number of carbonyl (C=O) groups excluding carboxylic acids is 1. The molecule has 3 rings (SSSR count). The maximum atomic E-state index is 13.7. The van der Waals surface area contributed by atoms with Crippen LogP contribution < -0.4 is 10.4 Å². The topological polar surface area (TPSA) is 62.5 Å². The molecule has 0 radical (unpaired) electrons. The molecule has 28 heavy (non-hydrogen) atoms. The van der Waals surface area contributed by atoms with Crippen LogP contribution >= 0.6 is 0 Å². The number of methoxy groups -OCH3 is 1. The second-order valence-corrected chi connectivity index (χ2v) is 6.45. The summed E-state index contributed by atoms with van der Waals surface area (Å²) in [5.74, 6) is -0.820. The molecule has 0 saturated heterocycles. The van der Waals surface area contributed by atoms with Crippen LogP contribution in [0, 0.1) is 5.82 Å². The van der Waals surface area contributed by atoms with Crippen LogP contribution in [0.4, 0.5) is 4.39 Å². The van der Waals surface area contributed by atoms with Crippen molar-refractivity contribution in [1.29, 1.82) is 0 Å². The number of aromatic nitrogens is 2. The van der Waals surface area contributed by atoms with Crippen molar-refractivity contribution in [2.75, 3.05) is 7.11 Å². The lowest BCUT2D eigenvalue weighted by Crippen LogP contribution is -2.25. The van der Waals surface area contributed by atoms with Crippen molar-refractivity contribution in [3.8, 4) is 5.75 Å². The number of imidazole rings is 1. The molecule has 2 aromatic carbocycles. The molecule has 0 aliphatic carbocycles. The first-order valence-corrected chi connectivity index (χ1v) is 9.21. The van der Waals surface area contributed by atoms with E-state index in [0.29, 0.717) is 12.1 Å². The zero-order valence-electron chi connectivity index (χ0n) is 16.0. The molecule has 6 nitrogen and oxygen atoms in total. The maximum absolute atomic E-state index is 13.7. The van der Waals surface area contributed by atoms with Crippen LogP contribution in [0.3, 0.4) is 0 Å². The number of hydrogen-bond donors (Lipinski definition) is 0. The van der Waals surface area contributed by atoms with Crippen LogP contribution in [0.15, 0.2) is 47.3 Å². The molecule has 3 aromatic rings. The van der Waals surface area contributed by atoms with Crippen LogP contribution in [0.5, 0.6) is 5.75 Å². The predicted molar refractivity (Wildman–Crippen MR) is 104 cm³/mol. The smallest absolute Gasteiger partial charge is 0.329 e. The number of benzene rings is 2. The second-order valence-electron chi connectivity index (χ2n) is 6.45. The third-order valence-corrected chi connectivity index (χ3v) is 4.53. The van der Waals surface area contributed by atoms with Crippen molar-refractivity contribution >= 4 is 17.0 Å². The van der Waals surface area contributed by atoms with E-state index in [2.05, 4.69) is 0 Å². The van der Waals surface area contributed by atoms with Crippen LogP contribution in [0.25, 0.3) is 11.0 Å². The molecular weight excluding hydrogens is 363 g/mol. The van der Waals surface area contributed by atoms with Gasteiger partial charge in [-0.15, -0.1) is 0 Å². The van der Waals surface area contributed by atoms with Crippen LogP contribution in [-0.2, 0) is 29.2 Å². The zero-order chi connectivity index (χ0) is 20.1. The van der Waals surface area contributed by atoms with Gasteiger partial charge in [-0.05, 0) is 36.2 Å². The summed E-state index contributed by atoms with van der Waals surface area (Å²) in [5, 5.41) is 0. The average molecular weight is 386 g/mol. The van der Waals surface area contributed by atoms with Gasteiger partial charge in [0.15, 0.2) is 11.6 Å². The lowest BCUT2D eigenvalue weighted by atomic mass is 10.2. The summed E-state index contributed by atoms with van der Waals surface area (Å²) in [6.07, 6.45) is 0.896. The van der Waals surface area contributed by atoms with Gasteiger partial charge >= 0.3 is 11.7 Å². The van der Waals surface area contributed by atoms with Gasteiger partial charge in [0.05, 0.1) is 24.6 Å². The number of esters is 1. The Hall–Kier alpha value is -3.09. The molecule has 7 heteroatoms. The molecule has 0 unspecified atom stereocenters. The Morgan fingerprint density at radius 1 is 1.07 bits per heavy atom. The number of carbonyl (C=O) groups is 1. The molecule has 0 N–H and O–H groups in total. The van der Waals surface area contributed by atoms with Gasteiger partial charge in [0.25, 0.3) is 0 Å². The third-order valence-electron chi connectivity index (χ3n) is 4.53. The zero-order valence-corrected chi connectivity index (χ0v) is 16.0. The fraction of sp³-hybridized carbons (Fsp3) is 0.333. The van der Waals surface area contributed by atoms with E-state index in [9.17, 15) is 14.0 Å². The Bertz CT molecular complexity index is 1040. The second kappa shape index (κ2) is 8.73. The molecule has 148 valence electrons. The minimum Gasteiger partial charge on any atom is -0.494 e. The van der Waals surface area contributed by atoms with Crippen molar-refractivity contribution in [2.24, 2.45) is 0 Å². The monoisotopic (exact) mass is 386 g/mol. The predicted octanol–water partition coefficient (Wildman–Crippen LogP) is 3.49. The number of aryl methyl sites for hydroxylation is 2. The van der Waals surface area contributed by atoms with Gasteiger partial charge in [-0.25, -0.2) is 9.18 Å². The van der Waals surface area contributed by atoms with Crippen molar-refractivity contribution in [2.45, 2.75) is 39.5 Å². The average Bonchev–Trinajstić information content (AvgIpc) is 2.96. The van der Waals surface area contributed by atoms with E-state index in [4.69, 9.17) is 9.47 Å². The van der Waals surface area contributed by atoms with Crippen molar-refractivity contribution in [1.82, 2.24) is 9.13 Å². The molecule has 0 bridgehead atoms. The highest BCUT2D eigenvalue weighted by atomic mass is 19.1. The van der Waals surface area contributed by atoms with E-state index in [0.717, 1.165) is 17.5 Å². The van der Waals surface area contributed by atoms with E-state index in [-0.39, 0.29) is 31.0 Å². The van der Waals surface area contributed by atoms with Crippen molar-refractivity contribution in [3.05, 3.63) is 64.3 Å². The minimum atomic E-state index is -0.508. The highest BCUT2D eigenvalue weighted by Crippen LogP contribution is 2.18. The number of hydrogen-bond acceptors (Lipinski definition) is 4. The summed E-state index contributed by atoms with van der Waals surface area (Å²) in [4.78, 5) is 24.8. The molecule has 1 aromatic heterocycles. The largest absolute Gasteiger partial charge is 0.494 e. The number of para-hydroxylation sites is 2.